The van der Waals surface area contributed by atoms with Crippen LogP contribution in [-0.2, 0) is 0 Å². The van der Waals surface area contributed by atoms with Crippen molar-refractivity contribution in [1.82, 2.24) is 0 Å². The van der Waals surface area contributed by atoms with E-state index in [-0.39, 0.29) is 20.1 Å². The van der Waals surface area contributed by atoms with Gasteiger partial charge in [-0.15, -0.1) is 0 Å². The van der Waals surface area contributed by atoms with Crippen molar-refractivity contribution in [3.8, 4) is 44.5 Å². The molecule has 0 fully saturated rings. The van der Waals surface area contributed by atoms with E-state index in [9.17, 15) is 0 Å². The predicted molar refractivity (Wildman–Crippen MR) is 361 cm³/mol. The summed E-state index contributed by atoms with van der Waals surface area (Å²) < 4.78 is 0. The molecule has 6 aliphatic rings. The normalized spacial score (nSPS) is 13.7. The molecule has 6 heterocycles. The highest BCUT2D eigenvalue weighted by Crippen LogP contribution is 2.51. The highest BCUT2D eigenvalue weighted by atomic mass is 15.2. The van der Waals surface area contributed by atoms with Gasteiger partial charge in [0.25, 0.3) is 20.1 Å². The lowest BCUT2D eigenvalue weighted by Crippen LogP contribution is -2.70. The summed E-state index contributed by atoms with van der Waals surface area (Å²) in [5.41, 5.74) is 36.2. The summed E-state index contributed by atoms with van der Waals surface area (Å²) in [6.45, 7) is -0.175. The lowest BCUT2D eigenvalue weighted by Gasteiger charge is -2.52. The van der Waals surface area contributed by atoms with Crippen LogP contribution in [-0.4, -0.2) is 20.1 Å². The molecule has 0 bridgehead atoms. The van der Waals surface area contributed by atoms with Gasteiger partial charge in [0.2, 0.25) is 0 Å². The largest absolute Gasteiger partial charge is 0.312 e. The molecule has 0 spiro atoms. The summed E-state index contributed by atoms with van der Waals surface area (Å²) in [4.78, 5) is 10.5. The van der Waals surface area contributed by atoms with Gasteiger partial charge in [0.05, 0.1) is 0 Å². The number of hydrogen-bond acceptors (Lipinski definition) is 4. The molecule has 6 aliphatic heterocycles. The zero-order valence-corrected chi connectivity index (χ0v) is 46.3. The first-order valence-corrected chi connectivity index (χ1v) is 29.8. The third-order valence-corrected chi connectivity index (χ3v) is 19.2. The number of para-hydroxylation sites is 2. The SMILES string of the molecule is c1ccc(-c2ccc3c(c2)N(c2ccccc2)c2ccc4c5c2B3c2ccc(-c3ccccc3)cc2N5c2cccc3c2B4c2ccc4c5c2N3c2cc(-c3ccccc3)ccc2B5c2ccc(-c3ccccc3)cc2N4c2ccccc2)cc1. The van der Waals surface area contributed by atoms with Gasteiger partial charge in [-0.05, 0) is 166 Å². The third-order valence-electron chi connectivity index (χ3n) is 19.2. The molecule has 85 heavy (non-hydrogen) atoms. The molecule has 0 aliphatic carbocycles. The second kappa shape index (κ2) is 17.9. The Morgan fingerprint density at radius 1 is 0.176 bits per heavy atom. The van der Waals surface area contributed by atoms with Crippen LogP contribution in [0.3, 0.4) is 0 Å². The minimum atomic E-state index is -0.0858. The quantitative estimate of drug-likeness (QED) is 0.154. The van der Waals surface area contributed by atoms with Gasteiger partial charge in [-0.25, -0.2) is 0 Å². The monoisotopic (exact) mass is 1070 g/mol. The van der Waals surface area contributed by atoms with Crippen LogP contribution >= 0.6 is 0 Å². The van der Waals surface area contributed by atoms with Gasteiger partial charge in [0.1, 0.15) is 0 Å². The fourth-order valence-electron chi connectivity index (χ4n) is 15.7. The van der Waals surface area contributed by atoms with Gasteiger partial charge in [-0.2, -0.15) is 0 Å². The van der Waals surface area contributed by atoms with Crippen LogP contribution < -0.4 is 68.8 Å². The summed E-state index contributed by atoms with van der Waals surface area (Å²) >= 11 is 0. The highest BCUT2D eigenvalue weighted by Gasteiger charge is 2.54. The smallest absolute Gasteiger partial charge is 0.252 e. The summed E-state index contributed by atoms with van der Waals surface area (Å²) in [6, 6.07) is 112. The Bertz CT molecular complexity index is 4620. The van der Waals surface area contributed by atoms with Crippen LogP contribution in [0.25, 0.3) is 44.5 Å². The van der Waals surface area contributed by atoms with Crippen molar-refractivity contribution in [2.24, 2.45) is 0 Å². The van der Waals surface area contributed by atoms with E-state index in [0.29, 0.717) is 0 Å². The third kappa shape index (κ3) is 6.61. The number of benzene rings is 13. The van der Waals surface area contributed by atoms with Crippen molar-refractivity contribution in [3.63, 3.8) is 0 Å². The fraction of sp³-hybridized carbons (Fsp3) is 0. The first kappa shape index (κ1) is 46.8. The van der Waals surface area contributed by atoms with E-state index in [0.717, 1.165) is 11.4 Å². The maximum absolute atomic E-state index is 2.68. The number of nitrogens with zero attached hydrogens (tertiary/aromatic N) is 4. The molecule has 19 rings (SSSR count). The summed E-state index contributed by atoms with van der Waals surface area (Å²) in [7, 11) is 0. The number of anilines is 12. The lowest BCUT2D eigenvalue weighted by molar-refractivity contribution is 1.24. The molecule has 0 saturated heterocycles. The van der Waals surface area contributed by atoms with Gasteiger partial charge < -0.3 is 19.6 Å². The maximum Gasteiger partial charge on any atom is 0.252 e. The highest BCUT2D eigenvalue weighted by molar-refractivity contribution is 7.06. The van der Waals surface area contributed by atoms with Crippen LogP contribution in [0, 0.1) is 0 Å². The van der Waals surface area contributed by atoms with Crippen molar-refractivity contribution in [2.45, 2.75) is 0 Å². The average molecular weight is 1070 g/mol. The molecule has 13 aromatic rings. The predicted octanol–water partition coefficient (Wildman–Crippen LogP) is 13.7. The minimum absolute atomic E-state index is 0.0445. The Hall–Kier alpha value is -10.7. The summed E-state index contributed by atoms with van der Waals surface area (Å²) in [5.74, 6) is 0. The van der Waals surface area contributed by atoms with Crippen molar-refractivity contribution in [1.29, 1.82) is 0 Å². The zero-order valence-electron chi connectivity index (χ0n) is 46.3. The molecule has 390 valence electrons. The van der Waals surface area contributed by atoms with Gasteiger partial charge in [0.15, 0.2) is 0 Å². The summed E-state index contributed by atoms with van der Waals surface area (Å²) in [5, 5.41) is 0. The molecular formula is C78H49B3N4. The van der Waals surface area contributed by atoms with Crippen LogP contribution in [0.1, 0.15) is 0 Å². The second-order valence-corrected chi connectivity index (χ2v) is 23.5. The Labute approximate surface area is 496 Å². The fourth-order valence-corrected chi connectivity index (χ4v) is 15.7. The van der Waals surface area contributed by atoms with Crippen molar-refractivity contribution < 1.29 is 0 Å². The Morgan fingerprint density at radius 3 is 0.776 bits per heavy atom. The van der Waals surface area contributed by atoms with E-state index in [1.807, 2.05) is 0 Å². The lowest BCUT2D eigenvalue weighted by atomic mass is 9.27. The van der Waals surface area contributed by atoms with Crippen LogP contribution in [0.5, 0.6) is 0 Å². The van der Waals surface area contributed by atoms with Crippen LogP contribution in [0.15, 0.2) is 297 Å². The Morgan fingerprint density at radius 2 is 0.447 bits per heavy atom. The van der Waals surface area contributed by atoms with E-state index >= 15 is 0 Å². The molecule has 0 unspecified atom stereocenters. The molecular weight excluding hydrogens is 1030 g/mol. The van der Waals surface area contributed by atoms with Crippen molar-refractivity contribution >= 4 is 138 Å². The standard InChI is InChI=1S/C78H49B3N4/c1-7-20-50(21-8-1)54-34-38-60-70(46-54)82(58-28-15-5-16-29-58)68-44-42-64-77-75(68)79(60)62-40-36-56(52-24-11-3-12-25-52)48-72(62)84(77)66-32-19-33-67-74(66)81(64)65-43-45-69-76-78(65)85(67)73-49-57(53-26-13-4-14-27-53)37-41-63(73)80(76)61-39-35-55(51-22-9-2-10-23-51)47-71(61)83(69)59-30-17-6-18-31-59/h1-49H. The number of hydrogen-bond donors (Lipinski definition) is 0. The Balaban J connectivity index is 0.909. The molecule has 0 radical (unpaired) electrons. The topological polar surface area (TPSA) is 13.0 Å². The number of rotatable bonds is 6. The van der Waals surface area contributed by atoms with Gasteiger partial charge in [-0.3, -0.25) is 0 Å². The molecule has 0 saturated carbocycles. The van der Waals surface area contributed by atoms with Gasteiger partial charge in [0, 0.05) is 68.2 Å². The van der Waals surface area contributed by atoms with Crippen LogP contribution in [0.4, 0.5) is 68.2 Å². The molecule has 0 atom stereocenters. The first-order chi connectivity index (χ1) is 42.2. The average Bonchev–Trinajstić information content (AvgIpc) is 0.727. The molecule has 13 aromatic carbocycles. The van der Waals surface area contributed by atoms with E-state index in [1.165, 1.54) is 151 Å². The van der Waals surface area contributed by atoms with E-state index in [1.54, 1.807) is 0 Å². The van der Waals surface area contributed by atoms with Gasteiger partial charge >= 0.3 is 0 Å². The molecule has 0 N–H and O–H groups in total. The number of fused-ring (bicyclic) bond motifs is 14. The molecule has 0 aromatic heterocycles. The van der Waals surface area contributed by atoms with E-state index in [2.05, 4.69) is 317 Å². The first-order valence-electron chi connectivity index (χ1n) is 29.8. The second-order valence-electron chi connectivity index (χ2n) is 23.5. The molecule has 0 amide bonds. The maximum atomic E-state index is 2.68. The minimum Gasteiger partial charge on any atom is -0.312 e. The van der Waals surface area contributed by atoms with E-state index in [4.69, 9.17) is 0 Å². The van der Waals surface area contributed by atoms with Gasteiger partial charge in [-0.1, -0.05) is 224 Å². The molecule has 7 heteroatoms. The summed E-state index contributed by atoms with van der Waals surface area (Å²) in [6.07, 6.45) is 0. The van der Waals surface area contributed by atoms with Crippen molar-refractivity contribution in [2.75, 3.05) is 19.6 Å². The van der Waals surface area contributed by atoms with Crippen LogP contribution in [0.2, 0.25) is 0 Å². The molecule has 4 nitrogen and oxygen atoms in total. The van der Waals surface area contributed by atoms with Crippen molar-refractivity contribution in [3.05, 3.63) is 297 Å². The Kier molecular flexibility index (Phi) is 9.85. The zero-order chi connectivity index (χ0) is 55.4. The van der Waals surface area contributed by atoms with E-state index < -0.39 is 0 Å².